The molecule has 4 heteroatoms. The van der Waals surface area contributed by atoms with Gasteiger partial charge in [-0.05, 0) is 30.0 Å². The molecular weight excluding hydrogens is 254 g/mol. The molecule has 1 heterocycles. The third-order valence-electron chi connectivity index (χ3n) is 2.72. The molecule has 0 fully saturated rings. The molecule has 0 bridgehead atoms. The minimum absolute atomic E-state index is 0.473. The molecule has 0 aliphatic heterocycles. The maximum atomic E-state index is 5.73. The van der Waals surface area contributed by atoms with Crippen LogP contribution in [0, 0.1) is 0 Å². The molecule has 1 aromatic heterocycles. The van der Waals surface area contributed by atoms with Gasteiger partial charge in [-0.3, -0.25) is 0 Å². The summed E-state index contributed by atoms with van der Waals surface area (Å²) in [6.45, 7) is 4.41. The normalized spacial score (nSPS) is 12.4. The molecule has 0 amide bonds. The van der Waals surface area contributed by atoms with Crippen molar-refractivity contribution in [3.63, 3.8) is 0 Å². The lowest BCUT2D eigenvalue weighted by molar-refractivity contribution is 0.478. The average molecular weight is 268 g/mol. The molecule has 1 unspecified atom stereocenters. The van der Waals surface area contributed by atoms with Crippen molar-refractivity contribution in [2.45, 2.75) is 26.2 Å². The molecule has 2 nitrogen and oxygen atoms in total. The third-order valence-corrected chi connectivity index (χ3v) is 3.76. The summed E-state index contributed by atoms with van der Waals surface area (Å²) in [6.07, 6.45) is 1.14. The molecule has 0 spiro atoms. The number of halogens is 1. The van der Waals surface area contributed by atoms with Gasteiger partial charge in [0, 0.05) is 5.38 Å². The first-order valence-electron chi connectivity index (χ1n) is 5.58. The Morgan fingerprint density at radius 2 is 2.06 bits per heavy atom. The van der Waals surface area contributed by atoms with Gasteiger partial charge in [0.2, 0.25) is 0 Å². The first kappa shape index (κ1) is 12.4. The van der Waals surface area contributed by atoms with Crippen molar-refractivity contribution >= 4 is 22.9 Å². The van der Waals surface area contributed by atoms with Crippen LogP contribution in [0.3, 0.4) is 0 Å². The van der Waals surface area contributed by atoms with Gasteiger partial charge in [-0.2, -0.15) is 4.98 Å². The Morgan fingerprint density at radius 3 is 2.59 bits per heavy atom. The minimum atomic E-state index is 0.473. The minimum Gasteiger partial charge on any atom is -0.431 e. The van der Waals surface area contributed by atoms with E-state index in [1.807, 2.05) is 12.1 Å². The van der Waals surface area contributed by atoms with Crippen molar-refractivity contribution in [1.82, 2.24) is 4.98 Å². The molecular formula is C13H14ClNOS. The van der Waals surface area contributed by atoms with Crippen LogP contribution < -0.4 is 4.74 Å². The largest absolute Gasteiger partial charge is 0.431 e. The van der Waals surface area contributed by atoms with E-state index < -0.39 is 0 Å². The third kappa shape index (κ3) is 3.20. The predicted molar refractivity (Wildman–Crippen MR) is 72.3 cm³/mol. The zero-order valence-corrected chi connectivity index (χ0v) is 11.4. The Morgan fingerprint density at radius 1 is 1.35 bits per heavy atom. The van der Waals surface area contributed by atoms with E-state index in [-0.39, 0.29) is 0 Å². The zero-order chi connectivity index (χ0) is 12.3. The Bertz CT molecular complexity index is 480. The summed E-state index contributed by atoms with van der Waals surface area (Å²) in [4.78, 5) is 4.04. The fourth-order valence-corrected chi connectivity index (χ4v) is 2.29. The van der Waals surface area contributed by atoms with Crippen LogP contribution in [0.5, 0.6) is 10.9 Å². The lowest BCUT2D eigenvalue weighted by Gasteiger charge is -2.09. The summed E-state index contributed by atoms with van der Waals surface area (Å²) in [5, 5.41) is 2.80. The molecule has 0 aliphatic rings. The standard InChI is InChI=1S/C13H14ClNOS/c1-3-9(2)10-4-6-11(7-5-10)16-13-15-12(14)8-17-13/h4-9H,3H2,1-2H3. The number of hydrogen-bond acceptors (Lipinski definition) is 3. The van der Waals surface area contributed by atoms with E-state index >= 15 is 0 Å². The molecule has 90 valence electrons. The fraction of sp³-hybridized carbons (Fsp3) is 0.308. The van der Waals surface area contributed by atoms with Crippen molar-refractivity contribution in [2.75, 3.05) is 0 Å². The first-order valence-corrected chi connectivity index (χ1v) is 6.83. The van der Waals surface area contributed by atoms with Gasteiger partial charge in [0.15, 0.2) is 0 Å². The van der Waals surface area contributed by atoms with E-state index in [9.17, 15) is 0 Å². The number of rotatable bonds is 4. The second-order valence-corrected chi connectivity index (χ2v) is 5.12. The maximum absolute atomic E-state index is 5.73. The van der Waals surface area contributed by atoms with E-state index in [0.29, 0.717) is 16.3 Å². The van der Waals surface area contributed by atoms with Crippen LogP contribution in [0.25, 0.3) is 0 Å². The number of thiazole rings is 1. The van der Waals surface area contributed by atoms with Crippen LogP contribution in [0.2, 0.25) is 5.15 Å². The molecule has 0 aliphatic carbocycles. The number of hydrogen-bond donors (Lipinski definition) is 0. The molecule has 17 heavy (non-hydrogen) atoms. The van der Waals surface area contributed by atoms with Crippen molar-refractivity contribution in [1.29, 1.82) is 0 Å². The maximum Gasteiger partial charge on any atom is 0.280 e. The highest BCUT2D eigenvalue weighted by molar-refractivity contribution is 7.11. The Kier molecular flexibility index (Phi) is 4.02. The van der Waals surface area contributed by atoms with E-state index in [1.54, 1.807) is 5.38 Å². The number of ether oxygens (including phenoxy) is 1. The van der Waals surface area contributed by atoms with Gasteiger partial charge in [-0.1, -0.05) is 48.9 Å². The second-order valence-electron chi connectivity index (χ2n) is 3.92. The van der Waals surface area contributed by atoms with Crippen LogP contribution in [-0.4, -0.2) is 4.98 Å². The topological polar surface area (TPSA) is 22.1 Å². The zero-order valence-electron chi connectivity index (χ0n) is 9.81. The van der Waals surface area contributed by atoms with E-state index in [2.05, 4.69) is 31.0 Å². The van der Waals surface area contributed by atoms with Gasteiger partial charge in [-0.15, -0.1) is 0 Å². The van der Waals surface area contributed by atoms with Gasteiger partial charge in [-0.25, -0.2) is 0 Å². The number of aromatic nitrogens is 1. The molecule has 0 N–H and O–H groups in total. The summed E-state index contributed by atoms with van der Waals surface area (Å²) < 4.78 is 5.59. The van der Waals surface area contributed by atoms with Gasteiger partial charge >= 0.3 is 0 Å². The SMILES string of the molecule is CCC(C)c1ccc(Oc2nc(Cl)cs2)cc1. The van der Waals surface area contributed by atoms with Gasteiger partial charge in [0.05, 0.1) is 0 Å². The molecule has 1 atom stereocenters. The van der Waals surface area contributed by atoms with Crippen LogP contribution in [-0.2, 0) is 0 Å². The molecule has 0 radical (unpaired) electrons. The lowest BCUT2D eigenvalue weighted by Crippen LogP contribution is -1.91. The second kappa shape index (κ2) is 5.52. The smallest absolute Gasteiger partial charge is 0.280 e. The highest BCUT2D eigenvalue weighted by Crippen LogP contribution is 2.28. The first-order chi connectivity index (χ1) is 8.19. The van der Waals surface area contributed by atoms with E-state index in [0.717, 1.165) is 12.2 Å². The average Bonchev–Trinajstić information content (AvgIpc) is 2.75. The summed E-state index contributed by atoms with van der Waals surface area (Å²) in [5.41, 5.74) is 1.33. The van der Waals surface area contributed by atoms with Crippen molar-refractivity contribution < 1.29 is 4.74 Å². The number of nitrogens with zero attached hydrogens (tertiary/aromatic N) is 1. The van der Waals surface area contributed by atoms with E-state index in [1.165, 1.54) is 16.9 Å². The number of benzene rings is 1. The van der Waals surface area contributed by atoms with Crippen molar-refractivity contribution in [3.8, 4) is 10.9 Å². The molecule has 0 saturated heterocycles. The monoisotopic (exact) mass is 267 g/mol. The quantitative estimate of drug-likeness (QED) is 0.769. The highest BCUT2D eigenvalue weighted by atomic mass is 35.5. The Hall–Kier alpha value is -1.06. The van der Waals surface area contributed by atoms with Gasteiger partial charge in [0.25, 0.3) is 5.19 Å². The summed E-state index contributed by atoms with van der Waals surface area (Å²) in [7, 11) is 0. The Balaban J connectivity index is 2.08. The highest BCUT2D eigenvalue weighted by Gasteiger charge is 2.05. The van der Waals surface area contributed by atoms with Crippen LogP contribution in [0.15, 0.2) is 29.6 Å². The Labute approximate surface area is 110 Å². The van der Waals surface area contributed by atoms with Crippen molar-refractivity contribution in [2.24, 2.45) is 0 Å². The van der Waals surface area contributed by atoms with Gasteiger partial charge < -0.3 is 4.74 Å². The summed E-state index contributed by atoms with van der Waals surface area (Å²) in [6, 6.07) is 8.13. The van der Waals surface area contributed by atoms with Crippen LogP contribution >= 0.6 is 22.9 Å². The molecule has 1 aromatic carbocycles. The lowest BCUT2D eigenvalue weighted by atomic mass is 9.99. The summed E-state index contributed by atoms with van der Waals surface area (Å²) >= 11 is 7.13. The van der Waals surface area contributed by atoms with Gasteiger partial charge in [0.1, 0.15) is 10.9 Å². The summed E-state index contributed by atoms with van der Waals surface area (Å²) in [5.74, 6) is 1.38. The van der Waals surface area contributed by atoms with E-state index in [4.69, 9.17) is 16.3 Å². The van der Waals surface area contributed by atoms with Crippen molar-refractivity contribution in [3.05, 3.63) is 40.4 Å². The van der Waals surface area contributed by atoms with Crippen LogP contribution in [0.4, 0.5) is 0 Å². The predicted octanol–water partition coefficient (Wildman–Crippen LogP) is 5.10. The molecule has 2 rings (SSSR count). The van der Waals surface area contributed by atoms with Crippen LogP contribution in [0.1, 0.15) is 31.7 Å². The molecule has 2 aromatic rings. The fourth-order valence-electron chi connectivity index (χ4n) is 1.49. The molecule has 0 saturated carbocycles.